The molecule has 2 atom stereocenters. The minimum Gasteiger partial charge on any atom is -0.453 e. The topological polar surface area (TPSA) is 25.2 Å². The van der Waals surface area contributed by atoms with Gasteiger partial charge in [0.25, 0.3) is 0 Å². The molecule has 1 heterocycles. The Bertz CT molecular complexity index is 345. The highest BCUT2D eigenvalue weighted by Gasteiger charge is 2.44. The van der Waals surface area contributed by atoms with Gasteiger partial charge in [0.2, 0.25) is 0 Å². The minimum absolute atomic E-state index is 0.299. The van der Waals surface area contributed by atoms with Gasteiger partial charge in [-0.15, -0.1) is 0 Å². The van der Waals surface area contributed by atoms with Crippen LogP contribution in [0, 0.1) is 11.3 Å². The molecule has 0 radical (unpaired) electrons. The van der Waals surface area contributed by atoms with E-state index in [1.807, 2.05) is 12.1 Å². The van der Waals surface area contributed by atoms with Crippen LogP contribution in [-0.2, 0) is 0 Å². The second-order valence-corrected chi connectivity index (χ2v) is 5.94. The van der Waals surface area contributed by atoms with Crippen LogP contribution in [0.3, 0.4) is 0 Å². The maximum Gasteiger partial charge on any atom is 0.169 e. The van der Waals surface area contributed by atoms with Crippen molar-refractivity contribution in [3.05, 3.63) is 22.6 Å². The van der Waals surface area contributed by atoms with Crippen LogP contribution < -0.4 is 5.32 Å². The molecule has 1 N–H and O–H groups in total. The van der Waals surface area contributed by atoms with Crippen molar-refractivity contribution in [2.24, 2.45) is 11.3 Å². The van der Waals surface area contributed by atoms with Crippen molar-refractivity contribution in [2.75, 3.05) is 6.54 Å². The lowest BCUT2D eigenvalue weighted by atomic mass is 10.1. The summed E-state index contributed by atoms with van der Waals surface area (Å²) >= 11 is 3.32. The summed E-state index contributed by atoms with van der Waals surface area (Å²) in [5.74, 6) is 1.83. The summed E-state index contributed by atoms with van der Waals surface area (Å²) in [6, 6.07) is 4.25. The Morgan fingerprint density at radius 3 is 2.73 bits per heavy atom. The van der Waals surface area contributed by atoms with E-state index < -0.39 is 0 Å². The summed E-state index contributed by atoms with van der Waals surface area (Å²) < 4.78 is 6.31. The zero-order valence-corrected chi connectivity index (χ0v) is 11.1. The van der Waals surface area contributed by atoms with E-state index in [-0.39, 0.29) is 0 Å². The first-order valence-corrected chi connectivity index (χ1v) is 6.27. The van der Waals surface area contributed by atoms with Crippen molar-refractivity contribution >= 4 is 15.9 Å². The van der Waals surface area contributed by atoms with Crippen LogP contribution in [0.25, 0.3) is 0 Å². The fourth-order valence-electron chi connectivity index (χ4n) is 1.91. The van der Waals surface area contributed by atoms with Crippen molar-refractivity contribution in [3.8, 4) is 0 Å². The molecule has 3 heteroatoms. The molecule has 0 saturated heterocycles. The highest BCUT2D eigenvalue weighted by atomic mass is 79.9. The van der Waals surface area contributed by atoms with Crippen LogP contribution >= 0.6 is 15.9 Å². The lowest BCUT2D eigenvalue weighted by Crippen LogP contribution is -2.22. The quantitative estimate of drug-likeness (QED) is 0.903. The third-order valence-corrected chi connectivity index (χ3v) is 3.83. The van der Waals surface area contributed by atoms with E-state index in [0.717, 1.165) is 22.9 Å². The Morgan fingerprint density at radius 2 is 2.27 bits per heavy atom. The van der Waals surface area contributed by atoms with E-state index in [9.17, 15) is 0 Å². The summed E-state index contributed by atoms with van der Waals surface area (Å²) in [6.45, 7) is 7.88. The average molecular weight is 272 g/mol. The monoisotopic (exact) mass is 271 g/mol. The highest BCUT2D eigenvalue weighted by Crippen LogP contribution is 2.51. The number of furan rings is 1. The molecule has 0 aliphatic heterocycles. The number of rotatable bonds is 4. The summed E-state index contributed by atoms with van der Waals surface area (Å²) in [5.41, 5.74) is 0.552. The van der Waals surface area contributed by atoms with Gasteiger partial charge in [0.15, 0.2) is 4.67 Å². The number of nitrogens with one attached hydrogen (secondary N) is 1. The smallest absolute Gasteiger partial charge is 0.169 e. The van der Waals surface area contributed by atoms with Gasteiger partial charge in [0.1, 0.15) is 5.76 Å². The fourth-order valence-corrected chi connectivity index (χ4v) is 2.22. The lowest BCUT2D eigenvalue weighted by Gasteiger charge is -2.11. The highest BCUT2D eigenvalue weighted by molar-refractivity contribution is 9.10. The molecule has 1 aliphatic rings. The Hall–Kier alpha value is -0.280. The summed E-state index contributed by atoms with van der Waals surface area (Å²) in [4.78, 5) is 0. The molecule has 2 rings (SSSR count). The fraction of sp³-hybridized carbons (Fsp3) is 0.667. The second-order valence-electron chi connectivity index (χ2n) is 5.16. The van der Waals surface area contributed by atoms with E-state index in [1.165, 1.54) is 6.42 Å². The number of hydrogen-bond acceptors (Lipinski definition) is 2. The SMILES string of the molecule is CC(NCC1CC1(C)C)c1ccc(Br)o1. The molecule has 0 aromatic carbocycles. The molecule has 2 nitrogen and oxygen atoms in total. The molecule has 0 spiro atoms. The van der Waals surface area contributed by atoms with Crippen LogP contribution in [0.4, 0.5) is 0 Å². The van der Waals surface area contributed by atoms with Crippen molar-refractivity contribution < 1.29 is 4.42 Å². The summed E-state index contributed by atoms with van der Waals surface area (Å²) in [6.07, 6.45) is 1.34. The van der Waals surface area contributed by atoms with E-state index >= 15 is 0 Å². The first-order valence-electron chi connectivity index (χ1n) is 5.47. The van der Waals surface area contributed by atoms with Crippen molar-refractivity contribution in [1.82, 2.24) is 5.32 Å². The van der Waals surface area contributed by atoms with E-state index in [2.05, 4.69) is 42.0 Å². The summed E-state index contributed by atoms with van der Waals surface area (Å²) in [5, 5.41) is 3.52. The van der Waals surface area contributed by atoms with Gasteiger partial charge in [-0.25, -0.2) is 0 Å². The number of halogens is 1. The molecular formula is C12H18BrNO. The Balaban J connectivity index is 1.81. The van der Waals surface area contributed by atoms with Crippen LogP contribution in [0.1, 0.15) is 39.0 Å². The Labute approximate surface area is 99.6 Å². The van der Waals surface area contributed by atoms with Gasteiger partial charge in [-0.3, -0.25) is 0 Å². The normalized spacial score (nSPS) is 25.2. The maximum atomic E-state index is 5.50. The van der Waals surface area contributed by atoms with Gasteiger partial charge >= 0.3 is 0 Å². The van der Waals surface area contributed by atoms with Gasteiger partial charge in [0, 0.05) is 0 Å². The summed E-state index contributed by atoms with van der Waals surface area (Å²) in [7, 11) is 0. The standard InChI is InChI=1S/C12H18BrNO/c1-8(10-4-5-11(13)15-10)14-7-9-6-12(9,2)3/h4-5,8-9,14H,6-7H2,1-3H3. The van der Waals surface area contributed by atoms with Crippen LogP contribution in [0.5, 0.6) is 0 Å². The predicted octanol–water partition coefficient (Wildman–Crippen LogP) is 3.74. The molecule has 1 saturated carbocycles. The van der Waals surface area contributed by atoms with Crippen molar-refractivity contribution in [3.63, 3.8) is 0 Å². The minimum atomic E-state index is 0.299. The second kappa shape index (κ2) is 3.95. The first kappa shape index (κ1) is 11.2. The zero-order valence-electron chi connectivity index (χ0n) is 9.51. The number of hydrogen-bond donors (Lipinski definition) is 1. The first-order chi connectivity index (χ1) is 6.99. The predicted molar refractivity (Wildman–Crippen MR) is 64.7 cm³/mol. The lowest BCUT2D eigenvalue weighted by molar-refractivity contribution is 0.403. The molecule has 15 heavy (non-hydrogen) atoms. The molecular weight excluding hydrogens is 254 g/mol. The van der Waals surface area contributed by atoms with Crippen molar-refractivity contribution in [1.29, 1.82) is 0 Å². The molecule has 1 fully saturated rings. The molecule has 2 unspecified atom stereocenters. The average Bonchev–Trinajstić information content (AvgIpc) is 2.59. The van der Waals surface area contributed by atoms with Crippen molar-refractivity contribution in [2.45, 2.75) is 33.2 Å². The van der Waals surface area contributed by atoms with E-state index in [4.69, 9.17) is 4.42 Å². The molecule has 0 bridgehead atoms. The van der Waals surface area contributed by atoms with Crippen LogP contribution in [0.15, 0.2) is 21.2 Å². The van der Waals surface area contributed by atoms with Gasteiger partial charge in [-0.1, -0.05) is 13.8 Å². The Kier molecular flexibility index (Phi) is 2.95. The van der Waals surface area contributed by atoms with Gasteiger partial charge in [-0.2, -0.15) is 0 Å². The van der Waals surface area contributed by atoms with Gasteiger partial charge in [0.05, 0.1) is 6.04 Å². The molecule has 1 aromatic rings. The molecule has 1 aromatic heterocycles. The Morgan fingerprint density at radius 1 is 1.60 bits per heavy atom. The van der Waals surface area contributed by atoms with E-state index in [1.54, 1.807) is 0 Å². The van der Waals surface area contributed by atoms with E-state index in [0.29, 0.717) is 11.5 Å². The van der Waals surface area contributed by atoms with Crippen LogP contribution in [0.2, 0.25) is 0 Å². The molecule has 0 amide bonds. The van der Waals surface area contributed by atoms with Gasteiger partial charge < -0.3 is 9.73 Å². The van der Waals surface area contributed by atoms with Gasteiger partial charge in [-0.05, 0) is 59.3 Å². The maximum absolute atomic E-state index is 5.50. The third-order valence-electron chi connectivity index (χ3n) is 3.41. The molecule has 1 aliphatic carbocycles. The largest absolute Gasteiger partial charge is 0.453 e. The third kappa shape index (κ3) is 2.64. The zero-order chi connectivity index (χ0) is 11.1. The molecule has 84 valence electrons. The van der Waals surface area contributed by atoms with Crippen LogP contribution in [-0.4, -0.2) is 6.54 Å².